The van der Waals surface area contributed by atoms with E-state index in [-0.39, 0.29) is 18.6 Å². The monoisotopic (exact) mass is 623 g/mol. The number of piperazine rings is 1. The SMILES string of the molecule is CC.CC.CCc1cc(NC=O)c(-c2c(C)cnn2C2CCOCC2)cc1C(=O)N1CCN(Cc2c(C)nn(C)c2CO)CC1. The predicted octanol–water partition coefficient (Wildman–Crippen LogP) is 4.89. The van der Waals surface area contributed by atoms with E-state index in [1.807, 2.05) is 83.4 Å². The van der Waals surface area contributed by atoms with Gasteiger partial charge in [-0.05, 0) is 56.4 Å². The number of amides is 2. The smallest absolute Gasteiger partial charge is 0.254 e. The zero-order valence-electron chi connectivity index (χ0n) is 28.5. The van der Waals surface area contributed by atoms with Gasteiger partial charge in [-0.15, -0.1) is 0 Å². The van der Waals surface area contributed by atoms with Crippen molar-refractivity contribution in [3.63, 3.8) is 0 Å². The van der Waals surface area contributed by atoms with Crippen LogP contribution in [0.15, 0.2) is 18.3 Å². The summed E-state index contributed by atoms with van der Waals surface area (Å²) in [6, 6.07) is 4.09. The van der Waals surface area contributed by atoms with Gasteiger partial charge in [0.05, 0.1) is 41.6 Å². The third-order valence-corrected chi connectivity index (χ3v) is 8.51. The third kappa shape index (κ3) is 8.01. The summed E-state index contributed by atoms with van der Waals surface area (Å²) in [4.78, 5) is 29.8. The lowest BCUT2D eigenvalue weighted by Crippen LogP contribution is -2.48. The maximum absolute atomic E-state index is 14.0. The minimum absolute atomic E-state index is 0.00351. The molecule has 2 fully saturated rings. The van der Waals surface area contributed by atoms with Crippen LogP contribution in [0.5, 0.6) is 0 Å². The molecule has 2 aliphatic rings. The first kappa shape index (κ1) is 35.9. The fraction of sp³-hybridized carbons (Fsp3) is 0.588. The number of anilines is 1. The summed E-state index contributed by atoms with van der Waals surface area (Å²) in [7, 11) is 1.85. The van der Waals surface area contributed by atoms with Gasteiger partial charge < -0.3 is 20.1 Å². The Labute approximate surface area is 268 Å². The highest BCUT2D eigenvalue weighted by molar-refractivity contribution is 5.99. The van der Waals surface area contributed by atoms with Crippen molar-refractivity contribution in [1.29, 1.82) is 0 Å². The molecular formula is C34H53N7O4. The van der Waals surface area contributed by atoms with Crippen LogP contribution in [-0.4, -0.2) is 86.2 Å². The number of carbonyl (C=O) groups excluding carboxylic acids is 2. The van der Waals surface area contributed by atoms with Crippen LogP contribution >= 0.6 is 0 Å². The van der Waals surface area contributed by atoms with Crippen molar-refractivity contribution in [2.45, 2.75) is 86.9 Å². The topological polar surface area (TPSA) is 118 Å². The molecule has 0 unspecified atom stereocenters. The lowest BCUT2D eigenvalue weighted by atomic mass is 9.95. The molecule has 0 bridgehead atoms. The van der Waals surface area contributed by atoms with E-state index < -0.39 is 0 Å². The fourth-order valence-corrected chi connectivity index (χ4v) is 6.16. The first-order chi connectivity index (χ1) is 21.9. The van der Waals surface area contributed by atoms with Crippen LogP contribution < -0.4 is 5.32 Å². The number of aromatic nitrogens is 4. The quantitative estimate of drug-likeness (QED) is 0.326. The maximum atomic E-state index is 14.0. The number of nitrogens with zero attached hydrogens (tertiary/aromatic N) is 6. The predicted molar refractivity (Wildman–Crippen MR) is 178 cm³/mol. The van der Waals surface area contributed by atoms with Crippen molar-refractivity contribution >= 4 is 18.0 Å². The average molecular weight is 624 g/mol. The second kappa shape index (κ2) is 17.2. The Morgan fingerprint density at radius 3 is 2.36 bits per heavy atom. The molecule has 2 amide bonds. The minimum Gasteiger partial charge on any atom is -0.390 e. The molecule has 11 nitrogen and oxygen atoms in total. The van der Waals surface area contributed by atoms with E-state index in [9.17, 15) is 14.7 Å². The van der Waals surface area contributed by atoms with Gasteiger partial charge in [0.15, 0.2) is 0 Å². The molecular weight excluding hydrogens is 570 g/mol. The molecule has 45 heavy (non-hydrogen) atoms. The van der Waals surface area contributed by atoms with Crippen molar-refractivity contribution in [3.05, 3.63) is 52.0 Å². The molecule has 2 aliphatic heterocycles. The molecule has 1 aromatic carbocycles. The summed E-state index contributed by atoms with van der Waals surface area (Å²) in [5.41, 5.74) is 7.79. The van der Waals surface area contributed by atoms with Crippen molar-refractivity contribution in [3.8, 4) is 11.3 Å². The van der Waals surface area contributed by atoms with E-state index in [4.69, 9.17) is 9.84 Å². The van der Waals surface area contributed by atoms with Crippen LogP contribution in [0.25, 0.3) is 11.3 Å². The Kier molecular flexibility index (Phi) is 13.8. The molecule has 0 atom stereocenters. The van der Waals surface area contributed by atoms with Crippen molar-refractivity contribution < 1.29 is 19.4 Å². The number of ether oxygens (including phenoxy) is 1. The van der Waals surface area contributed by atoms with E-state index >= 15 is 0 Å². The number of hydrogen-bond donors (Lipinski definition) is 2. The Morgan fingerprint density at radius 2 is 1.76 bits per heavy atom. The summed E-state index contributed by atoms with van der Waals surface area (Å²) in [5, 5.41) is 21.9. The van der Waals surface area contributed by atoms with Crippen LogP contribution in [0.1, 0.15) is 91.9 Å². The summed E-state index contributed by atoms with van der Waals surface area (Å²) in [6.45, 7) is 18.7. The number of hydrogen-bond acceptors (Lipinski definition) is 7. The van der Waals surface area contributed by atoms with Gasteiger partial charge in [-0.25, -0.2) is 0 Å². The molecule has 248 valence electrons. The normalized spacial score (nSPS) is 15.5. The van der Waals surface area contributed by atoms with Gasteiger partial charge in [-0.1, -0.05) is 34.6 Å². The molecule has 2 N–H and O–H groups in total. The van der Waals surface area contributed by atoms with Crippen LogP contribution in [0.3, 0.4) is 0 Å². The van der Waals surface area contributed by atoms with E-state index in [0.717, 1.165) is 65.3 Å². The van der Waals surface area contributed by atoms with Gasteiger partial charge >= 0.3 is 0 Å². The molecule has 0 saturated carbocycles. The molecule has 2 saturated heterocycles. The van der Waals surface area contributed by atoms with Gasteiger partial charge in [0.2, 0.25) is 6.41 Å². The lowest BCUT2D eigenvalue weighted by molar-refractivity contribution is -0.105. The first-order valence-electron chi connectivity index (χ1n) is 16.5. The van der Waals surface area contributed by atoms with E-state index in [2.05, 4.69) is 15.3 Å². The number of aliphatic hydroxyl groups excluding tert-OH is 1. The Bertz CT molecular complexity index is 1400. The highest BCUT2D eigenvalue weighted by Gasteiger charge is 2.28. The highest BCUT2D eigenvalue weighted by Crippen LogP contribution is 2.37. The minimum atomic E-state index is -0.0465. The van der Waals surface area contributed by atoms with Crippen LogP contribution in [0, 0.1) is 13.8 Å². The Balaban J connectivity index is 0.00000133. The van der Waals surface area contributed by atoms with Gasteiger partial charge in [0, 0.05) is 69.7 Å². The largest absolute Gasteiger partial charge is 0.390 e. The fourth-order valence-electron chi connectivity index (χ4n) is 6.16. The first-order valence-corrected chi connectivity index (χ1v) is 16.5. The number of aryl methyl sites for hydroxylation is 4. The van der Waals surface area contributed by atoms with Gasteiger partial charge in [0.1, 0.15) is 0 Å². The second-order valence-corrected chi connectivity index (χ2v) is 11.0. The molecule has 5 rings (SSSR count). The van der Waals surface area contributed by atoms with Crippen LogP contribution in [0.2, 0.25) is 0 Å². The highest BCUT2D eigenvalue weighted by atomic mass is 16.5. The van der Waals surface area contributed by atoms with Crippen molar-refractivity contribution in [2.75, 3.05) is 44.7 Å². The van der Waals surface area contributed by atoms with Crippen LogP contribution in [0.4, 0.5) is 5.69 Å². The third-order valence-electron chi connectivity index (χ3n) is 8.51. The zero-order chi connectivity index (χ0) is 33.1. The zero-order valence-corrected chi connectivity index (χ0v) is 28.5. The Hall–Kier alpha value is -3.54. The molecule has 2 aromatic heterocycles. The lowest BCUT2D eigenvalue weighted by Gasteiger charge is -2.35. The van der Waals surface area contributed by atoms with Crippen molar-refractivity contribution in [2.24, 2.45) is 7.05 Å². The number of nitrogens with one attached hydrogen (secondary N) is 1. The van der Waals surface area contributed by atoms with E-state index in [1.165, 1.54) is 0 Å². The Morgan fingerprint density at radius 1 is 1.09 bits per heavy atom. The summed E-state index contributed by atoms with van der Waals surface area (Å²) in [6.07, 6.45) is 4.95. The number of aliphatic hydroxyl groups is 1. The van der Waals surface area contributed by atoms with Crippen LogP contribution in [-0.2, 0) is 36.2 Å². The van der Waals surface area contributed by atoms with Gasteiger partial charge in [0.25, 0.3) is 5.91 Å². The average Bonchev–Trinajstić information content (AvgIpc) is 3.60. The molecule has 0 spiro atoms. The second-order valence-electron chi connectivity index (χ2n) is 11.0. The van der Waals surface area contributed by atoms with Crippen molar-refractivity contribution in [1.82, 2.24) is 29.4 Å². The molecule has 4 heterocycles. The number of rotatable bonds is 9. The van der Waals surface area contributed by atoms with Gasteiger partial charge in [-0.3, -0.25) is 23.9 Å². The summed E-state index contributed by atoms with van der Waals surface area (Å²) < 4.78 is 9.36. The molecule has 3 aromatic rings. The summed E-state index contributed by atoms with van der Waals surface area (Å²) >= 11 is 0. The number of benzene rings is 1. The number of carbonyl (C=O) groups is 2. The molecule has 0 aliphatic carbocycles. The molecule has 0 radical (unpaired) electrons. The van der Waals surface area contributed by atoms with Gasteiger partial charge in [-0.2, -0.15) is 10.2 Å². The maximum Gasteiger partial charge on any atom is 0.254 e. The summed E-state index contributed by atoms with van der Waals surface area (Å²) in [5.74, 6) is 0.00351. The molecule has 11 heteroatoms. The van der Waals surface area contributed by atoms with E-state index in [0.29, 0.717) is 56.9 Å². The standard InChI is InChI=1S/C30H41N7O4.2C2H6/c1-5-22-14-27(31-19-39)25(29-20(2)16-32-37(29)23-6-12-41-13-7-23)15-24(22)30(40)36-10-8-35(9-11-36)17-26-21(3)33-34(4)28(26)18-38;2*1-2/h14-16,19,23,38H,5-13,17-18H2,1-4H3,(H,31,39);2*1-2H3. The van der Waals surface area contributed by atoms with E-state index in [1.54, 1.807) is 4.68 Å².